The summed E-state index contributed by atoms with van der Waals surface area (Å²) in [5.74, 6) is 1.44. The molecule has 4 fully saturated rings. The molecule has 2 aromatic rings. The lowest BCUT2D eigenvalue weighted by Crippen LogP contribution is -2.65. The molecule has 146 valence electrons. The molecule has 4 aliphatic carbocycles. The quantitative estimate of drug-likeness (QED) is 0.559. The number of benzene rings is 1. The minimum Gasteiger partial charge on any atom is -0.331 e. The van der Waals surface area contributed by atoms with Gasteiger partial charge in [-0.25, -0.2) is 10.2 Å². The molecule has 0 radical (unpaired) electrons. The molecular weight excluding hydrogens is 366 g/mol. The number of amides is 2. The molecule has 1 aromatic carbocycles. The van der Waals surface area contributed by atoms with Crippen molar-refractivity contribution in [3.05, 3.63) is 57.8 Å². The van der Waals surface area contributed by atoms with Crippen LogP contribution in [0.5, 0.6) is 0 Å². The molecule has 4 saturated carbocycles. The van der Waals surface area contributed by atoms with Gasteiger partial charge in [0.25, 0.3) is 0 Å². The summed E-state index contributed by atoms with van der Waals surface area (Å²) in [5, 5.41) is 9.47. The number of aryl methyl sites for hydroxylation is 1. The highest BCUT2D eigenvalue weighted by Gasteiger charge is 2.58. The van der Waals surface area contributed by atoms with E-state index in [9.17, 15) is 4.79 Å². The van der Waals surface area contributed by atoms with Crippen molar-refractivity contribution < 1.29 is 4.79 Å². The average Bonchev–Trinajstić information content (AvgIpc) is 3.14. The molecule has 4 bridgehead atoms. The number of carbonyl (C=O) groups is 1. The Kier molecular flexibility index (Phi) is 4.31. The van der Waals surface area contributed by atoms with Crippen LogP contribution in [0.4, 0.5) is 4.79 Å². The van der Waals surface area contributed by atoms with Crippen molar-refractivity contribution in [2.75, 3.05) is 0 Å². The van der Waals surface area contributed by atoms with Gasteiger partial charge in [0.2, 0.25) is 0 Å². The number of hydrogen-bond acceptors (Lipinski definition) is 3. The fourth-order valence-corrected chi connectivity index (χ4v) is 7.03. The van der Waals surface area contributed by atoms with E-state index in [0.717, 1.165) is 36.0 Å². The lowest BCUT2D eigenvalue weighted by Gasteiger charge is -2.62. The normalized spacial score (nSPS) is 33.3. The van der Waals surface area contributed by atoms with Crippen molar-refractivity contribution in [3.63, 3.8) is 0 Å². The van der Waals surface area contributed by atoms with Gasteiger partial charge in [0, 0.05) is 10.4 Å². The molecule has 0 saturated heterocycles. The minimum atomic E-state index is -0.172. The van der Waals surface area contributed by atoms with E-state index in [0.29, 0.717) is 0 Å². The molecule has 0 spiro atoms. The van der Waals surface area contributed by atoms with Gasteiger partial charge in [-0.05, 0) is 79.7 Å². The van der Waals surface area contributed by atoms with Crippen molar-refractivity contribution in [3.8, 4) is 0 Å². The number of nitrogens with one attached hydrogen (secondary N) is 2. The number of hydrogen-bond donors (Lipinski definition) is 2. The summed E-state index contributed by atoms with van der Waals surface area (Å²) in [6.07, 6.45) is 8.85. The SMILES string of the molecule is Cc1ccc(C23C[C@H]4C[C@@H](CC(NC(=O)N/N=C\c5cccs5)(C4)C2)C3)cc1. The maximum atomic E-state index is 12.6. The number of thiophene rings is 1. The van der Waals surface area contributed by atoms with E-state index < -0.39 is 0 Å². The summed E-state index contributed by atoms with van der Waals surface area (Å²) in [6.45, 7) is 2.15. The fraction of sp³-hybridized carbons (Fsp3) is 0.478. The third-order valence-corrected chi connectivity index (χ3v) is 7.81. The molecule has 2 amide bonds. The van der Waals surface area contributed by atoms with E-state index in [1.165, 1.54) is 30.4 Å². The fourth-order valence-electron chi connectivity index (χ4n) is 6.44. The molecule has 1 heterocycles. The number of hydrazone groups is 1. The van der Waals surface area contributed by atoms with Gasteiger partial charge in [0.05, 0.1) is 6.21 Å². The van der Waals surface area contributed by atoms with Gasteiger partial charge in [-0.2, -0.15) is 5.10 Å². The summed E-state index contributed by atoms with van der Waals surface area (Å²) in [5.41, 5.74) is 5.60. The predicted molar refractivity (Wildman–Crippen MR) is 114 cm³/mol. The van der Waals surface area contributed by atoms with Crippen LogP contribution in [0.3, 0.4) is 0 Å². The van der Waals surface area contributed by atoms with Crippen LogP contribution >= 0.6 is 11.3 Å². The van der Waals surface area contributed by atoms with E-state index in [1.807, 2.05) is 17.5 Å². The number of carbonyl (C=O) groups excluding carboxylic acids is 1. The third kappa shape index (κ3) is 3.26. The van der Waals surface area contributed by atoms with Crippen LogP contribution < -0.4 is 10.7 Å². The molecule has 4 aliphatic rings. The Morgan fingerprint density at radius 1 is 1.14 bits per heavy atom. The molecule has 1 aromatic heterocycles. The first-order valence-corrected chi connectivity index (χ1v) is 11.1. The van der Waals surface area contributed by atoms with Gasteiger partial charge in [0.1, 0.15) is 0 Å². The highest BCUT2D eigenvalue weighted by atomic mass is 32.1. The molecule has 28 heavy (non-hydrogen) atoms. The van der Waals surface area contributed by atoms with E-state index in [2.05, 4.69) is 47.0 Å². The Balaban J connectivity index is 1.33. The Morgan fingerprint density at radius 3 is 2.57 bits per heavy atom. The second-order valence-corrected chi connectivity index (χ2v) is 10.2. The van der Waals surface area contributed by atoms with E-state index in [1.54, 1.807) is 17.6 Å². The van der Waals surface area contributed by atoms with Gasteiger partial charge >= 0.3 is 6.03 Å². The van der Waals surface area contributed by atoms with Crippen molar-refractivity contribution in [2.24, 2.45) is 16.9 Å². The average molecular weight is 394 g/mol. The van der Waals surface area contributed by atoms with Crippen LogP contribution in [-0.2, 0) is 5.41 Å². The Bertz CT molecular complexity index is 873. The van der Waals surface area contributed by atoms with Gasteiger partial charge in [0.15, 0.2) is 0 Å². The largest absolute Gasteiger partial charge is 0.335 e. The number of nitrogens with zero attached hydrogens (tertiary/aromatic N) is 1. The van der Waals surface area contributed by atoms with Crippen molar-refractivity contribution in [2.45, 2.75) is 56.4 Å². The van der Waals surface area contributed by atoms with E-state index in [4.69, 9.17) is 0 Å². The van der Waals surface area contributed by atoms with E-state index >= 15 is 0 Å². The first kappa shape index (κ1) is 17.9. The molecule has 4 nitrogen and oxygen atoms in total. The second kappa shape index (κ2) is 6.73. The van der Waals surface area contributed by atoms with Crippen molar-refractivity contribution >= 4 is 23.6 Å². The lowest BCUT2D eigenvalue weighted by atomic mass is 9.45. The monoisotopic (exact) mass is 393 g/mol. The van der Waals surface area contributed by atoms with Crippen LogP contribution in [0.2, 0.25) is 0 Å². The maximum absolute atomic E-state index is 12.6. The lowest BCUT2D eigenvalue weighted by molar-refractivity contribution is -0.0349. The molecule has 5 heteroatoms. The second-order valence-electron chi connectivity index (χ2n) is 9.23. The molecule has 2 N–H and O–H groups in total. The van der Waals surface area contributed by atoms with E-state index in [-0.39, 0.29) is 17.0 Å². The Labute approximate surface area is 170 Å². The summed E-state index contributed by atoms with van der Waals surface area (Å²) < 4.78 is 0. The van der Waals surface area contributed by atoms with Crippen LogP contribution in [0, 0.1) is 18.8 Å². The van der Waals surface area contributed by atoms with Crippen LogP contribution in [-0.4, -0.2) is 17.8 Å². The van der Waals surface area contributed by atoms with Crippen molar-refractivity contribution in [1.29, 1.82) is 0 Å². The highest BCUT2D eigenvalue weighted by Crippen LogP contribution is 2.62. The first-order valence-electron chi connectivity index (χ1n) is 10.3. The summed E-state index contributed by atoms with van der Waals surface area (Å²) in [6, 6.07) is 12.9. The standard InChI is InChI=1S/C23H27N3OS/c1-16-4-6-19(7-5-16)22-10-17-9-18(11-22)13-23(12-17,15-22)25-21(27)26-24-14-20-3-2-8-28-20/h2-8,14,17-18H,9-13,15H2,1H3,(H2,25,26,27)/b24-14-/t17-,18-,22?,23?/m1/s1. The molecule has 0 unspecified atom stereocenters. The number of rotatable bonds is 4. The van der Waals surface area contributed by atoms with Gasteiger partial charge in [-0.3, -0.25) is 0 Å². The number of urea groups is 1. The zero-order valence-electron chi connectivity index (χ0n) is 16.3. The summed E-state index contributed by atoms with van der Waals surface area (Å²) >= 11 is 1.61. The smallest absolute Gasteiger partial charge is 0.331 e. The predicted octanol–water partition coefficient (Wildman–Crippen LogP) is 4.98. The summed E-state index contributed by atoms with van der Waals surface area (Å²) in [7, 11) is 0. The topological polar surface area (TPSA) is 53.5 Å². The van der Waals surface area contributed by atoms with Gasteiger partial charge in [-0.15, -0.1) is 11.3 Å². The minimum absolute atomic E-state index is 0.0858. The Hall–Kier alpha value is -2.14. The maximum Gasteiger partial charge on any atom is 0.335 e. The molecule has 0 aliphatic heterocycles. The van der Waals surface area contributed by atoms with Crippen LogP contribution in [0.1, 0.15) is 54.5 Å². The molecule has 2 atom stereocenters. The van der Waals surface area contributed by atoms with Crippen LogP contribution in [0.25, 0.3) is 0 Å². The molecular formula is C23H27N3OS. The summed E-state index contributed by atoms with van der Waals surface area (Å²) in [4.78, 5) is 13.6. The van der Waals surface area contributed by atoms with Gasteiger partial charge in [-0.1, -0.05) is 35.9 Å². The first-order chi connectivity index (χ1) is 13.5. The highest BCUT2D eigenvalue weighted by molar-refractivity contribution is 7.11. The zero-order valence-corrected chi connectivity index (χ0v) is 17.1. The zero-order chi connectivity index (χ0) is 19.2. The third-order valence-electron chi connectivity index (χ3n) is 7.00. The van der Waals surface area contributed by atoms with Gasteiger partial charge < -0.3 is 5.32 Å². The van der Waals surface area contributed by atoms with Crippen LogP contribution in [0.15, 0.2) is 46.9 Å². The molecule has 6 rings (SSSR count). The van der Waals surface area contributed by atoms with Crippen molar-refractivity contribution in [1.82, 2.24) is 10.7 Å². The Morgan fingerprint density at radius 2 is 1.89 bits per heavy atom.